The maximum Gasteiger partial charge on any atom is 0.341 e. The summed E-state index contributed by atoms with van der Waals surface area (Å²) in [6.45, 7) is 4.82. The van der Waals surface area contributed by atoms with Gasteiger partial charge in [-0.25, -0.2) is 14.2 Å². The number of aryl methyl sites for hydroxylation is 1. The van der Waals surface area contributed by atoms with Crippen LogP contribution in [0.15, 0.2) is 52.5 Å². The molecule has 0 unspecified atom stereocenters. The Morgan fingerprint density at radius 2 is 1.88 bits per heavy atom. The minimum Gasteiger partial charge on any atom is -0.477 e. The second-order valence-corrected chi connectivity index (χ2v) is 7.80. The minimum atomic E-state index is -1.36. The summed E-state index contributed by atoms with van der Waals surface area (Å²) in [5.74, 6) is -1.89. The Hall–Kier alpha value is -3.79. The Morgan fingerprint density at radius 1 is 1.18 bits per heavy atom. The van der Waals surface area contributed by atoms with Gasteiger partial charge in [-0.1, -0.05) is 35.5 Å². The number of nitrogens with zero attached hydrogens (tertiary/aromatic N) is 5. The number of aromatic carboxylic acids is 1. The van der Waals surface area contributed by atoms with Gasteiger partial charge in [0.25, 0.3) is 0 Å². The van der Waals surface area contributed by atoms with Crippen LogP contribution in [0.3, 0.4) is 0 Å². The number of carbonyl (C=O) groups is 1. The summed E-state index contributed by atoms with van der Waals surface area (Å²) >= 11 is 0. The van der Waals surface area contributed by atoms with Crippen molar-refractivity contribution >= 4 is 28.5 Å². The first-order valence-corrected chi connectivity index (χ1v) is 10.6. The molecule has 3 heterocycles. The zero-order valence-electron chi connectivity index (χ0n) is 18.1. The van der Waals surface area contributed by atoms with Crippen LogP contribution >= 0.6 is 0 Å². The van der Waals surface area contributed by atoms with E-state index in [1.54, 1.807) is 16.4 Å². The lowest BCUT2D eigenvalue weighted by atomic mass is 10.1. The van der Waals surface area contributed by atoms with Crippen LogP contribution in [0.4, 0.5) is 10.2 Å². The molecule has 4 rings (SSSR count). The standard InChI is InChI=1S/C23H24FN5O4/c1-2-28-13-17(23(31)32)20(30)16-12-18(24)22(25-21(16)28)29-10-8-27(9-11-29)14-19(26-33)15-6-4-3-5-7-15/h3-7,12-13,33H,2,8-11,14H2,1H3,(H,31,32)/b26-19-. The molecule has 33 heavy (non-hydrogen) atoms. The van der Waals surface area contributed by atoms with Gasteiger partial charge >= 0.3 is 5.97 Å². The zero-order valence-corrected chi connectivity index (χ0v) is 18.1. The molecule has 2 N–H and O–H groups in total. The van der Waals surface area contributed by atoms with Crippen LogP contribution < -0.4 is 10.3 Å². The number of rotatable bonds is 6. The predicted octanol–water partition coefficient (Wildman–Crippen LogP) is 2.25. The molecule has 1 aliphatic heterocycles. The topological polar surface area (TPSA) is 111 Å². The van der Waals surface area contributed by atoms with E-state index in [0.29, 0.717) is 45.0 Å². The van der Waals surface area contributed by atoms with Crippen LogP contribution in [-0.4, -0.2) is 69.2 Å². The van der Waals surface area contributed by atoms with Gasteiger partial charge in [0, 0.05) is 51.0 Å². The van der Waals surface area contributed by atoms with Crippen molar-refractivity contribution < 1.29 is 19.5 Å². The van der Waals surface area contributed by atoms with Crippen molar-refractivity contribution in [2.24, 2.45) is 5.16 Å². The molecule has 1 fully saturated rings. The summed E-state index contributed by atoms with van der Waals surface area (Å²) in [5.41, 5.74) is 0.488. The highest BCUT2D eigenvalue weighted by molar-refractivity contribution is 6.01. The molecule has 172 valence electrons. The van der Waals surface area contributed by atoms with Gasteiger partial charge < -0.3 is 19.8 Å². The van der Waals surface area contributed by atoms with Crippen LogP contribution in [0, 0.1) is 5.82 Å². The highest BCUT2D eigenvalue weighted by Crippen LogP contribution is 2.23. The lowest BCUT2D eigenvalue weighted by Crippen LogP contribution is -2.48. The molecule has 0 amide bonds. The van der Waals surface area contributed by atoms with E-state index in [4.69, 9.17) is 0 Å². The number of carboxylic acid groups (broad SMARTS) is 1. The molecule has 0 atom stereocenters. The molecule has 10 heteroatoms. The van der Waals surface area contributed by atoms with Crippen LogP contribution in [0.2, 0.25) is 0 Å². The van der Waals surface area contributed by atoms with Gasteiger partial charge in [-0.15, -0.1) is 0 Å². The Morgan fingerprint density at radius 3 is 2.48 bits per heavy atom. The third-order valence-corrected chi connectivity index (χ3v) is 5.83. The number of hydrogen-bond donors (Lipinski definition) is 2. The number of hydrogen-bond acceptors (Lipinski definition) is 7. The van der Waals surface area contributed by atoms with Crippen molar-refractivity contribution in [2.75, 3.05) is 37.6 Å². The Bertz CT molecular complexity index is 1270. The molecule has 0 aliphatic carbocycles. The van der Waals surface area contributed by atoms with Gasteiger partial charge in [-0.3, -0.25) is 9.69 Å². The van der Waals surface area contributed by atoms with E-state index < -0.39 is 22.8 Å². The van der Waals surface area contributed by atoms with E-state index >= 15 is 0 Å². The summed E-state index contributed by atoms with van der Waals surface area (Å²) in [6.07, 6.45) is 1.25. The number of halogens is 1. The lowest BCUT2D eigenvalue weighted by molar-refractivity contribution is 0.0695. The maximum absolute atomic E-state index is 15.0. The summed E-state index contributed by atoms with van der Waals surface area (Å²) in [5, 5.41) is 22.1. The Labute approximate surface area is 189 Å². The Kier molecular flexibility index (Phi) is 6.36. The minimum absolute atomic E-state index is 0.0525. The lowest BCUT2D eigenvalue weighted by Gasteiger charge is -2.35. The van der Waals surface area contributed by atoms with E-state index in [1.807, 2.05) is 30.3 Å². The largest absolute Gasteiger partial charge is 0.477 e. The van der Waals surface area contributed by atoms with Gasteiger partial charge in [0.15, 0.2) is 11.6 Å². The molecule has 0 saturated carbocycles. The van der Waals surface area contributed by atoms with E-state index in [9.17, 15) is 24.3 Å². The van der Waals surface area contributed by atoms with Gasteiger partial charge in [0.2, 0.25) is 5.43 Å². The second kappa shape index (κ2) is 9.37. The predicted molar refractivity (Wildman–Crippen MR) is 122 cm³/mol. The zero-order chi connectivity index (χ0) is 23.5. The van der Waals surface area contributed by atoms with Gasteiger partial charge in [-0.2, -0.15) is 0 Å². The molecule has 2 aromatic heterocycles. The average Bonchev–Trinajstić information content (AvgIpc) is 2.83. The summed E-state index contributed by atoms with van der Waals surface area (Å²) in [4.78, 5) is 32.2. The normalized spacial score (nSPS) is 15.2. The van der Waals surface area contributed by atoms with E-state index in [-0.39, 0.29) is 16.9 Å². The van der Waals surface area contributed by atoms with Crippen molar-refractivity contribution in [1.82, 2.24) is 14.5 Å². The van der Waals surface area contributed by atoms with Crippen LogP contribution in [-0.2, 0) is 6.54 Å². The summed E-state index contributed by atoms with van der Waals surface area (Å²) < 4.78 is 16.5. The fourth-order valence-corrected chi connectivity index (χ4v) is 4.03. The van der Waals surface area contributed by atoms with Gasteiger partial charge in [0.05, 0.1) is 5.39 Å². The van der Waals surface area contributed by atoms with E-state index in [0.717, 1.165) is 11.6 Å². The fraction of sp³-hybridized carbons (Fsp3) is 0.304. The first-order valence-electron chi connectivity index (χ1n) is 10.6. The molecular formula is C23H24FN5O4. The highest BCUT2D eigenvalue weighted by atomic mass is 19.1. The number of fused-ring (bicyclic) bond motifs is 1. The number of benzene rings is 1. The smallest absolute Gasteiger partial charge is 0.341 e. The SMILES string of the molecule is CCn1cc(C(=O)O)c(=O)c2cc(F)c(N3CCN(C/C(=N/O)c4ccccc4)CC3)nc21. The molecule has 1 aromatic carbocycles. The van der Waals surface area contributed by atoms with Crippen molar-refractivity contribution in [2.45, 2.75) is 13.5 Å². The van der Waals surface area contributed by atoms with Crippen molar-refractivity contribution in [3.05, 3.63) is 69.8 Å². The number of pyridine rings is 2. The molecule has 1 saturated heterocycles. The number of piperazine rings is 1. The maximum atomic E-state index is 15.0. The van der Waals surface area contributed by atoms with Crippen LogP contribution in [0.5, 0.6) is 0 Å². The summed E-state index contributed by atoms with van der Waals surface area (Å²) in [7, 11) is 0. The molecule has 0 bridgehead atoms. The average molecular weight is 453 g/mol. The van der Waals surface area contributed by atoms with Gasteiger partial charge in [0.1, 0.15) is 16.9 Å². The van der Waals surface area contributed by atoms with Crippen LogP contribution in [0.1, 0.15) is 22.8 Å². The molecule has 9 nitrogen and oxygen atoms in total. The fourth-order valence-electron chi connectivity index (χ4n) is 4.03. The van der Waals surface area contributed by atoms with Crippen LogP contribution in [0.25, 0.3) is 11.0 Å². The molecule has 0 radical (unpaired) electrons. The number of carboxylic acids is 1. The second-order valence-electron chi connectivity index (χ2n) is 7.80. The monoisotopic (exact) mass is 453 g/mol. The quantitative estimate of drug-likeness (QED) is 0.335. The molecular weight excluding hydrogens is 429 g/mol. The third kappa shape index (κ3) is 4.42. The number of oxime groups is 1. The highest BCUT2D eigenvalue weighted by Gasteiger charge is 2.24. The first-order chi connectivity index (χ1) is 15.9. The third-order valence-electron chi connectivity index (χ3n) is 5.83. The number of anilines is 1. The van der Waals surface area contributed by atoms with Crippen molar-refractivity contribution in [3.63, 3.8) is 0 Å². The van der Waals surface area contributed by atoms with E-state index in [1.165, 1.54) is 6.20 Å². The number of aromatic nitrogens is 2. The molecule has 0 spiro atoms. The Balaban J connectivity index is 1.56. The summed E-state index contributed by atoms with van der Waals surface area (Å²) in [6, 6.07) is 10.5. The van der Waals surface area contributed by atoms with Crippen molar-refractivity contribution in [3.8, 4) is 0 Å². The first kappa shape index (κ1) is 22.4. The van der Waals surface area contributed by atoms with Crippen molar-refractivity contribution in [1.29, 1.82) is 0 Å². The van der Waals surface area contributed by atoms with E-state index in [2.05, 4.69) is 15.0 Å². The molecule has 3 aromatic rings. The van der Waals surface area contributed by atoms with Gasteiger partial charge in [-0.05, 0) is 13.0 Å². The molecule has 1 aliphatic rings.